The van der Waals surface area contributed by atoms with Crippen molar-refractivity contribution in [3.05, 3.63) is 0 Å². The van der Waals surface area contributed by atoms with Crippen molar-refractivity contribution in [3.63, 3.8) is 0 Å². The maximum atomic E-state index is 12.1. The second-order valence-corrected chi connectivity index (χ2v) is 9.60. The predicted molar refractivity (Wildman–Crippen MR) is 139 cm³/mol. The molecule has 0 bridgehead atoms. The maximum absolute atomic E-state index is 12.1. The first-order chi connectivity index (χ1) is 15.2. The van der Waals surface area contributed by atoms with Crippen LogP contribution < -0.4 is 5.32 Å². The SMILES string of the molecule is CCCCCCCCCCCCCCCCCC(=O)NCCN(CCCC)CCCC. The van der Waals surface area contributed by atoms with Crippen molar-refractivity contribution in [1.29, 1.82) is 0 Å². The molecular weight excluding hydrogens is 380 g/mol. The molecule has 1 amide bonds. The molecule has 1 N–H and O–H groups in total. The zero-order chi connectivity index (χ0) is 22.8. The number of unbranched alkanes of at least 4 members (excludes halogenated alkanes) is 16. The molecule has 0 aromatic rings. The van der Waals surface area contributed by atoms with E-state index >= 15 is 0 Å². The lowest BCUT2D eigenvalue weighted by molar-refractivity contribution is -0.121. The van der Waals surface area contributed by atoms with Crippen molar-refractivity contribution in [2.45, 2.75) is 149 Å². The highest BCUT2D eigenvalue weighted by molar-refractivity contribution is 5.75. The molecule has 0 saturated heterocycles. The number of carbonyl (C=O) groups is 1. The Hall–Kier alpha value is -0.570. The number of hydrogen-bond acceptors (Lipinski definition) is 2. The molecule has 0 atom stereocenters. The summed E-state index contributed by atoms with van der Waals surface area (Å²) in [6, 6.07) is 0. The van der Waals surface area contributed by atoms with Crippen LogP contribution >= 0.6 is 0 Å². The van der Waals surface area contributed by atoms with Gasteiger partial charge in [-0.25, -0.2) is 0 Å². The summed E-state index contributed by atoms with van der Waals surface area (Å²) in [5, 5.41) is 3.13. The van der Waals surface area contributed by atoms with Gasteiger partial charge in [0.25, 0.3) is 0 Å². The third-order valence-corrected chi connectivity index (χ3v) is 6.41. The zero-order valence-electron chi connectivity index (χ0n) is 21.8. The first-order valence-corrected chi connectivity index (χ1v) is 14.2. The Kier molecular flexibility index (Phi) is 25.2. The number of amides is 1. The summed E-state index contributed by atoms with van der Waals surface area (Å²) < 4.78 is 0. The van der Waals surface area contributed by atoms with Gasteiger partial charge in [0, 0.05) is 19.5 Å². The van der Waals surface area contributed by atoms with Gasteiger partial charge in [0.1, 0.15) is 0 Å². The highest BCUT2D eigenvalue weighted by Gasteiger charge is 2.05. The van der Waals surface area contributed by atoms with Crippen LogP contribution in [0.2, 0.25) is 0 Å². The maximum Gasteiger partial charge on any atom is 0.220 e. The fourth-order valence-corrected chi connectivity index (χ4v) is 4.20. The molecule has 0 aliphatic carbocycles. The zero-order valence-corrected chi connectivity index (χ0v) is 21.8. The summed E-state index contributed by atoms with van der Waals surface area (Å²) in [6.07, 6.45) is 26.3. The van der Waals surface area contributed by atoms with Crippen molar-refractivity contribution >= 4 is 5.91 Å². The molecule has 0 fully saturated rings. The third-order valence-electron chi connectivity index (χ3n) is 6.41. The standard InChI is InChI=1S/C28H58N2O/c1-4-7-10-11-12-13-14-15-16-17-18-19-20-21-22-23-28(31)29-24-27-30(25-8-5-2)26-9-6-3/h4-27H2,1-3H3,(H,29,31). The Labute approximate surface area is 196 Å². The highest BCUT2D eigenvalue weighted by Crippen LogP contribution is 2.13. The summed E-state index contributed by atoms with van der Waals surface area (Å²) >= 11 is 0. The normalized spacial score (nSPS) is 11.4. The summed E-state index contributed by atoms with van der Waals surface area (Å²) in [6.45, 7) is 10.9. The topological polar surface area (TPSA) is 32.3 Å². The van der Waals surface area contributed by atoms with Crippen LogP contribution in [-0.4, -0.2) is 37.0 Å². The Morgan fingerprint density at radius 1 is 0.516 bits per heavy atom. The van der Waals surface area contributed by atoms with Crippen molar-refractivity contribution in [1.82, 2.24) is 10.2 Å². The molecule has 0 radical (unpaired) electrons. The molecule has 3 nitrogen and oxygen atoms in total. The molecule has 0 aliphatic rings. The lowest BCUT2D eigenvalue weighted by Gasteiger charge is -2.22. The van der Waals surface area contributed by atoms with Gasteiger partial charge in [0.2, 0.25) is 5.91 Å². The largest absolute Gasteiger partial charge is 0.355 e. The van der Waals surface area contributed by atoms with Crippen LogP contribution in [-0.2, 0) is 4.79 Å². The minimum absolute atomic E-state index is 0.251. The molecule has 0 rings (SSSR count). The lowest BCUT2D eigenvalue weighted by atomic mass is 10.0. The monoisotopic (exact) mass is 438 g/mol. The van der Waals surface area contributed by atoms with E-state index in [0.29, 0.717) is 6.42 Å². The fraction of sp³-hybridized carbons (Fsp3) is 0.964. The molecular formula is C28H58N2O. The van der Waals surface area contributed by atoms with E-state index < -0.39 is 0 Å². The minimum atomic E-state index is 0.251. The van der Waals surface area contributed by atoms with E-state index in [1.165, 1.54) is 129 Å². The van der Waals surface area contributed by atoms with Gasteiger partial charge in [-0.1, -0.05) is 124 Å². The van der Waals surface area contributed by atoms with E-state index in [1.807, 2.05) is 0 Å². The summed E-state index contributed by atoms with van der Waals surface area (Å²) in [4.78, 5) is 14.6. The van der Waals surface area contributed by atoms with E-state index in [1.54, 1.807) is 0 Å². The molecule has 0 aromatic heterocycles. The van der Waals surface area contributed by atoms with Crippen molar-refractivity contribution in [3.8, 4) is 0 Å². The smallest absolute Gasteiger partial charge is 0.220 e. The first kappa shape index (κ1) is 30.4. The summed E-state index contributed by atoms with van der Waals surface area (Å²) in [5.41, 5.74) is 0. The summed E-state index contributed by atoms with van der Waals surface area (Å²) in [7, 11) is 0. The molecule has 0 saturated carbocycles. The van der Waals surface area contributed by atoms with Gasteiger partial charge >= 0.3 is 0 Å². The van der Waals surface area contributed by atoms with Gasteiger partial charge < -0.3 is 10.2 Å². The van der Waals surface area contributed by atoms with Crippen LogP contribution in [0, 0.1) is 0 Å². The van der Waals surface area contributed by atoms with Gasteiger partial charge in [0.15, 0.2) is 0 Å². The van der Waals surface area contributed by atoms with Crippen LogP contribution in [0.3, 0.4) is 0 Å². The van der Waals surface area contributed by atoms with Gasteiger partial charge in [-0.2, -0.15) is 0 Å². The van der Waals surface area contributed by atoms with Crippen molar-refractivity contribution in [2.75, 3.05) is 26.2 Å². The van der Waals surface area contributed by atoms with Crippen LogP contribution in [0.25, 0.3) is 0 Å². The Morgan fingerprint density at radius 2 is 0.903 bits per heavy atom. The number of rotatable bonds is 25. The Balaban J connectivity index is 3.38. The van der Waals surface area contributed by atoms with Gasteiger partial charge in [-0.3, -0.25) is 4.79 Å². The number of carbonyl (C=O) groups excluding carboxylic acids is 1. The van der Waals surface area contributed by atoms with Crippen molar-refractivity contribution in [2.24, 2.45) is 0 Å². The molecule has 186 valence electrons. The van der Waals surface area contributed by atoms with Crippen molar-refractivity contribution < 1.29 is 4.79 Å². The average molecular weight is 439 g/mol. The Bertz CT molecular complexity index is 351. The average Bonchev–Trinajstić information content (AvgIpc) is 2.77. The molecule has 0 unspecified atom stereocenters. The van der Waals surface area contributed by atoms with E-state index in [9.17, 15) is 4.79 Å². The molecule has 0 aliphatic heterocycles. The molecule has 0 spiro atoms. The predicted octanol–water partition coefficient (Wildman–Crippen LogP) is 8.27. The molecule has 31 heavy (non-hydrogen) atoms. The first-order valence-electron chi connectivity index (χ1n) is 14.2. The molecule has 3 heteroatoms. The number of nitrogens with zero attached hydrogens (tertiary/aromatic N) is 1. The van der Waals surface area contributed by atoms with Gasteiger partial charge in [-0.05, 0) is 32.4 Å². The van der Waals surface area contributed by atoms with Gasteiger partial charge in [-0.15, -0.1) is 0 Å². The van der Waals surface area contributed by atoms with E-state index in [-0.39, 0.29) is 5.91 Å². The van der Waals surface area contributed by atoms with E-state index in [2.05, 4.69) is 31.0 Å². The van der Waals surface area contributed by atoms with E-state index in [0.717, 1.165) is 19.5 Å². The minimum Gasteiger partial charge on any atom is -0.355 e. The van der Waals surface area contributed by atoms with Gasteiger partial charge in [0.05, 0.1) is 0 Å². The second-order valence-electron chi connectivity index (χ2n) is 9.60. The lowest BCUT2D eigenvalue weighted by Crippen LogP contribution is -2.36. The highest BCUT2D eigenvalue weighted by atomic mass is 16.1. The van der Waals surface area contributed by atoms with E-state index in [4.69, 9.17) is 0 Å². The van der Waals surface area contributed by atoms with Crippen LogP contribution in [0.1, 0.15) is 149 Å². The Morgan fingerprint density at radius 3 is 1.32 bits per heavy atom. The number of nitrogens with one attached hydrogen (secondary N) is 1. The molecule has 0 aromatic carbocycles. The van der Waals surface area contributed by atoms with Crippen LogP contribution in [0.15, 0.2) is 0 Å². The third kappa shape index (κ3) is 23.9. The second kappa shape index (κ2) is 25.7. The molecule has 0 heterocycles. The van der Waals surface area contributed by atoms with Crippen LogP contribution in [0.4, 0.5) is 0 Å². The van der Waals surface area contributed by atoms with Crippen LogP contribution in [0.5, 0.6) is 0 Å². The quantitative estimate of drug-likeness (QED) is 0.145. The fourth-order valence-electron chi connectivity index (χ4n) is 4.20. The number of hydrogen-bond donors (Lipinski definition) is 1. The summed E-state index contributed by atoms with van der Waals surface area (Å²) in [5.74, 6) is 0.251.